The average molecular weight is 1030 g/mol. The predicted octanol–water partition coefficient (Wildman–Crippen LogP) is 8.71. The van der Waals surface area contributed by atoms with Crippen molar-refractivity contribution in [3.8, 4) is 0 Å². The highest BCUT2D eigenvalue weighted by Gasteiger charge is 2.51. The highest BCUT2D eigenvalue weighted by atomic mass is 16.7. The molecule has 2 saturated heterocycles. The van der Waals surface area contributed by atoms with Gasteiger partial charge in [-0.3, -0.25) is 4.79 Å². The Bertz CT molecular complexity index is 1590. The number of rotatable bonds is 42. The Morgan fingerprint density at radius 2 is 0.959 bits per heavy atom. The molecule has 2 heterocycles. The van der Waals surface area contributed by atoms with Gasteiger partial charge in [0.25, 0.3) is 0 Å². The van der Waals surface area contributed by atoms with E-state index in [-0.39, 0.29) is 18.9 Å². The van der Waals surface area contributed by atoms with Gasteiger partial charge in [0.05, 0.1) is 32.0 Å². The number of unbranched alkanes of at least 4 members (excludes halogenated alkanes) is 15. The number of hydrogen-bond acceptors (Lipinski definition) is 13. The van der Waals surface area contributed by atoms with Gasteiger partial charge in [0, 0.05) is 6.42 Å². The van der Waals surface area contributed by atoms with E-state index in [0.29, 0.717) is 12.8 Å². The summed E-state index contributed by atoms with van der Waals surface area (Å²) in [5.41, 5.74) is 0. The van der Waals surface area contributed by atoms with E-state index >= 15 is 0 Å². The molecule has 2 aliphatic rings. The fraction of sp³-hybridized carbons (Fsp3) is 0.712. The van der Waals surface area contributed by atoms with Gasteiger partial charge in [-0.1, -0.05) is 175 Å². The monoisotopic (exact) mass is 1030 g/mol. The molecule has 14 nitrogen and oxygen atoms in total. The second-order valence-corrected chi connectivity index (χ2v) is 19.3. The maximum atomic E-state index is 13.2. The minimum atomic E-state index is -1.80. The third-order valence-electron chi connectivity index (χ3n) is 13.0. The van der Waals surface area contributed by atoms with Crippen LogP contribution in [0.2, 0.25) is 0 Å². The quantitative estimate of drug-likeness (QED) is 0.0206. The largest absolute Gasteiger partial charge is 0.394 e. The fourth-order valence-corrected chi connectivity index (χ4v) is 8.46. The molecular formula is C59H99NO13. The summed E-state index contributed by atoms with van der Waals surface area (Å²) in [5, 5.41) is 86.9. The Morgan fingerprint density at radius 1 is 0.507 bits per heavy atom. The first-order valence-electron chi connectivity index (χ1n) is 28.0. The molecule has 0 spiro atoms. The fourth-order valence-electron chi connectivity index (χ4n) is 8.46. The summed E-state index contributed by atoms with van der Waals surface area (Å²) in [6.07, 6.45) is 42.9. The van der Waals surface area contributed by atoms with Gasteiger partial charge >= 0.3 is 0 Å². The molecule has 0 radical (unpaired) electrons. The van der Waals surface area contributed by atoms with Gasteiger partial charge in [-0.15, -0.1) is 0 Å². The lowest BCUT2D eigenvalue weighted by Gasteiger charge is -2.46. The molecule has 418 valence electrons. The molecular weight excluding hydrogens is 931 g/mol. The molecule has 2 rings (SSSR count). The van der Waals surface area contributed by atoms with Gasteiger partial charge < -0.3 is 65.1 Å². The first-order valence-corrected chi connectivity index (χ1v) is 28.0. The summed E-state index contributed by atoms with van der Waals surface area (Å²) in [7, 11) is 0. The van der Waals surface area contributed by atoms with Crippen molar-refractivity contribution >= 4 is 5.91 Å². The van der Waals surface area contributed by atoms with Crippen LogP contribution in [0.15, 0.2) is 97.2 Å². The Morgan fingerprint density at radius 3 is 1.51 bits per heavy atom. The van der Waals surface area contributed by atoms with Crippen molar-refractivity contribution in [2.45, 2.75) is 248 Å². The molecule has 0 bridgehead atoms. The molecule has 14 heteroatoms. The van der Waals surface area contributed by atoms with Gasteiger partial charge in [-0.2, -0.15) is 0 Å². The Hall–Kier alpha value is -3.09. The smallest absolute Gasteiger partial charge is 0.220 e. The van der Waals surface area contributed by atoms with Crippen LogP contribution in [0, 0.1) is 0 Å². The summed E-state index contributed by atoms with van der Waals surface area (Å²) in [6.45, 7) is 2.61. The molecule has 12 unspecified atom stereocenters. The van der Waals surface area contributed by atoms with Crippen molar-refractivity contribution in [1.82, 2.24) is 5.32 Å². The van der Waals surface area contributed by atoms with Crippen LogP contribution in [0.25, 0.3) is 0 Å². The second-order valence-electron chi connectivity index (χ2n) is 19.3. The molecule has 0 aromatic rings. The molecule has 2 aliphatic heterocycles. The molecule has 12 atom stereocenters. The first-order chi connectivity index (χ1) is 35.6. The van der Waals surface area contributed by atoms with Crippen molar-refractivity contribution in [3.63, 3.8) is 0 Å². The number of nitrogens with one attached hydrogen (secondary N) is 1. The number of ether oxygens (including phenoxy) is 4. The van der Waals surface area contributed by atoms with Crippen LogP contribution in [-0.4, -0.2) is 140 Å². The molecule has 1 amide bonds. The van der Waals surface area contributed by atoms with Crippen LogP contribution in [0.5, 0.6) is 0 Å². The SMILES string of the molecule is CC/C=C\C/C=C\C/C=C\C/C=C\C/C=C\CCCCCCCCCC(=O)NC(COC1OC(CO)C(OC2OC(CO)C(O)C(O)C2O)C(O)C1O)C(O)/C=C/CC/C=C/CC/C=C/CCCCCCCC. The summed E-state index contributed by atoms with van der Waals surface area (Å²) in [4.78, 5) is 13.2. The normalized spacial score (nSPS) is 26.2. The van der Waals surface area contributed by atoms with Crippen LogP contribution < -0.4 is 5.32 Å². The van der Waals surface area contributed by atoms with E-state index in [4.69, 9.17) is 18.9 Å². The maximum absolute atomic E-state index is 13.2. The Balaban J connectivity index is 1.82. The van der Waals surface area contributed by atoms with Gasteiger partial charge in [-0.05, 0) is 89.9 Å². The third-order valence-corrected chi connectivity index (χ3v) is 13.0. The third kappa shape index (κ3) is 30.3. The highest BCUT2D eigenvalue weighted by molar-refractivity contribution is 5.76. The average Bonchev–Trinajstić information content (AvgIpc) is 3.39. The number of carbonyl (C=O) groups excluding carboxylic acids is 1. The zero-order valence-corrected chi connectivity index (χ0v) is 44.6. The van der Waals surface area contributed by atoms with Crippen molar-refractivity contribution in [2.75, 3.05) is 19.8 Å². The predicted molar refractivity (Wildman–Crippen MR) is 290 cm³/mol. The van der Waals surface area contributed by atoms with Crippen molar-refractivity contribution in [3.05, 3.63) is 97.2 Å². The molecule has 0 aliphatic carbocycles. The van der Waals surface area contributed by atoms with Gasteiger partial charge in [0.2, 0.25) is 5.91 Å². The van der Waals surface area contributed by atoms with Crippen molar-refractivity contribution in [2.24, 2.45) is 0 Å². The number of hydrogen-bond donors (Lipinski definition) is 9. The van der Waals surface area contributed by atoms with Crippen LogP contribution in [-0.2, 0) is 23.7 Å². The standard InChI is InChI=1S/C59H99NO13/c1-3-5-7-9-11-13-15-17-19-21-22-23-24-25-26-27-29-31-33-35-37-39-41-43-51(64)60-47(48(63)42-40-38-36-34-32-30-28-20-18-16-14-12-10-8-6-4-2)46-70-58-56(69)54(67)57(50(45-62)72-58)73-59-55(68)53(66)52(65)49(44-61)71-59/h5,7,11,13,17-20,22-23,25-26,32,34,40,42,47-50,52-59,61-63,65-69H,3-4,6,8-10,12,14-16,21,24,27-31,33,35-39,41,43-46H2,1-2H3,(H,60,64)/b7-5-,13-11-,19-17-,20-18+,23-22-,26-25-,34-32+,42-40+. The van der Waals surface area contributed by atoms with Gasteiger partial charge in [0.15, 0.2) is 12.6 Å². The number of amides is 1. The van der Waals surface area contributed by atoms with E-state index in [0.717, 1.165) is 103 Å². The molecule has 0 aromatic heterocycles. The zero-order chi connectivity index (χ0) is 53.2. The lowest BCUT2D eigenvalue weighted by atomic mass is 9.97. The van der Waals surface area contributed by atoms with E-state index in [2.05, 4.69) is 104 Å². The van der Waals surface area contributed by atoms with Gasteiger partial charge in [0.1, 0.15) is 48.8 Å². The van der Waals surface area contributed by atoms with Crippen LogP contribution in [0.1, 0.15) is 174 Å². The van der Waals surface area contributed by atoms with E-state index in [1.54, 1.807) is 6.08 Å². The molecule has 2 fully saturated rings. The van der Waals surface area contributed by atoms with E-state index in [9.17, 15) is 45.6 Å². The molecule has 9 N–H and O–H groups in total. The maximum Gasteiger partial charge on any atom is 0.220 e. The summed E-state index contributed by atoms with van der Waals surface area (Å²) < 4.78 is 22.7. The van der Waals surface area contributed by atoms with Crippen molar-refractivity contribution in [1.29, 1.82) is 0 Å². The van der Waals surface area contributed by atoms with E-state index < -0.39 is 86.8 Å². The first kappa shape index (κ1) is 66.0. The van der Waals surface area contributed by atoms with Crippen LogP contribution >= 0.6 is 0 Å². The van der Waals surface area contributed by atoms with E-state index in [1.165, 1.54) is 38.5 Å². The van der Waals surface area contributed by atoms with Gasteiger partial charge in [-0.25, -0.2) is 0 Å². The minimum Gasteiger partial charge on any atom is -0.394 e. The summed E-state index contributed by atoms with van der Waals surface area (Å²) >= 11 is 0. The zero-order valence-electron chi connectivity index (χ0n) is 44.6. The lowest BCUT2D eigenvalue weighted by molar-refractivity contribution is -0.359. The molecule has 73 heavy (non-hydrogen) atoms. The summed E-state index contributed by atoms with van der Waals surface area (Å²) in [5.74, 6) is -0.270. The lowest BCUT2D eigenvalue weighted by Crippen LogP contribution is -2.65. The molecule has 0 saturated carbocycles. The number of aliphatic hydroxyl groups excluding tert-OH is 8. The van der Waals surface area contributed by atoms with Crippen LogP contribution in [0.3, 0.4) is 0 Å². The summed E-state index contributed by atoms with van der Waals surface area (Å²) in [6, 6.07) is -0.950. The number of aliphatic hydroxyl groups is 8. The van der Waals surface area contributed by atoms with Crippen molar-refractivity contribution < 1.29 is 64.6 Å². The van der Waals surface area contributed by atoms with E-state index in [1.807, 2.05) is 6.08 Å². The van der Waals surface area contributed by atoms with Crippen LogP contribution in [0.4, 0.5) is 0 Å². The molecule has 0 aromatic carbocycles. The Labute approximate surface area is 439 Å². The second kappa shape index (κ2) is 44.1. The number of carbonyl (C=O) groups is 1. The topological polar surface area (TPSA) is 228 Å². The number of allylic oxidation sites excluding steroid dienone is 15. The minimum absolute atomic E-state index is 0.251. The highest BCUT2D eigenvalue weighted by Crippen LogP contribution is 2.30. The Kier molecular flexibility index (Phi) is 39.9.